The van der Waals surface area contributed by atoms with Crippen LogP contribution in [0.1, 0.15) is 26.4 Å². The summed E-state index contributed by atoms with van der Waals surface area (Å²) in [6.07, 6.45) is 1.50. The van der Waals surface area contributed by atoms with Crippen LogP contribution in [0.2, 0.25) is 0 Å². The quantitative estimate of drug-likeness (QED) is 0.896. The summed E-state index contributed by atoms with van der Waals surface area (Å²) in [5.41, 5.74) is 0.509. The van der Waals surface area contributed by atoms with Gasteiger partial charge in [-0.15, -0.1) is 0 Å². The van der Waals surface area contributed by atoms with Crippen molar-refractivity contribution in [1.29, 1.82) is 0 Å². The Labute approximate surface area is 113 Å². The van der Waals surface area contributed by atoms with Crippen LogP contribution >= 0.6 is 0 Å². The minimum Gasteiger partial charge on any atom is -0.478 e. The molecule has 2 N–H and O–H groups in total. The van der Waals surface area contributed by atoms with Gasteiger partial charge in [-0.2, -0.15) is 5.10 Å². The second-order valence-corrected chi connectivity index (χ2v) is 4.26. The van der Waals surface area contributed by atoms with Gasteiger partial charge in [0.25, 0.3) is 5.91 Å². The number of hydrogen-bond acceptors (Lipinski definition) is 3. The first-order chi connectivity index (χ1) is 9.38. The van der Waals surface area contributed by atoms with Gasteiger partial charge in [0.05, 0.1) is 22.5 Å². The SMILES string of the molecule is Cc1nn(C)cc1C(=O)Nc1cc(C(=O)O)ccc1F. The second-order valence-electron chi connectivity index (χ2n) is 4.26. The van der Waals surface area contributed by atoms with Crippen LogP contribution in [0.4, 0.5) is 10.1 Å². The summed E-state index contributed by atoms with van der Waals surface area (Å²) in [6.45, 7) is 1.65. The fourth-order valence-corrected chi connectivity index (χ4v) is 1.77. The number of carbonyl (C=O) groups is 2. The number of nitrogens with zero attached hydrogens (tertiary/aromatic N) is 2. The predicted molar refractivity (Wildman–Crippen MR) is 69.3 cm³/mol. The Balaban J connectivity index is 2.30. The molecular weight excluding hydrogens is 265 g/mol. The highest BCUT2D eigenvalue weighted by Crippen LogP contribution is 2.18. The van der Waals surface area contributed by atoms with E-state index in [1.54, 1.807) is 14.0 Å². The number of amides is 1. The Hall–Kier alpha value is -2.70. The van der Waals surface area contributed by atoms with Crippen LogP contribution < -0.4 is 5.32 Å². The molecule has 0 aliphatic rings. The lowest BCUT2D eigenvalue weighted by Gasteiger charge is -2.06. The molecule has 2 rings (SSSR count). The summed E-state index contributed by atoms with van der Waals surface area (Å²) in [6, 6.07) is 3.19. The van der Waals surface area contributed by atoms with Crippen molar-refractivity contribution in [3.05, 3.63) is 47.0 Å². The Morgan fingerprint density at radius 3 is 2.65 bits per heavy atom. The van der Waals surface area contributed by atoms with Gasteiger partial charge in [0, 0.05) is 13.2 Å². The first-order valence-electron chi connectivity index (χ1n) is 5.73. The Morgan fingerprint density at radius 1 is 1.40 bits per heavy atom. The average molecular weight is 277 g/mol. The normalized spacial score (nSPS) is 10.3. The number of hydrogen-bond donors (Lipinski definition) is 2. The zero-order valence-electron chi connectivity index (χ0n) is 10.8. The van der Waals surface area contributed by atoms with E-state index in [0.717, 1.165) is 18.2 Å². The minimum atomic E-state index is -1.20. The molecule has 104 valence electrons. The number of rotatable bonds is 3. The molecule has 7 heteroatoms. The van der Waals surface area contributed by atoms with Gasteiger partial charge in [0.1, 0.15) is 5.82 Å². The summed E-state index contributed by atoms with van der Waals surface area (Å²) < 4.78 is 15.1. The van der Waals surface area contributed by atoms with Gasteiger partial charge in [-0.1, -0.05) is 0 Å². The molecule has 1 aromatic carbocycles. The van der Waals surface area contributed by atoms with E-state index in [4.69, 9.17) is 5.11 Å². The second kappa shape index (κ2) is 5.12. The first-order valence-corrected chi connectivity index (χ1v) is 5.73. The molecular formula is C13H12FN3O3. The maximum Gasteiger partial charge on any atom is 0.335 e. The van der Waals surface area contributed by atoms with Crippen molar-refractivity contribution < 1.29 is 19.1 Å². The lowest BCUT2D eigenvalue weighted by molar-refractivity contribution is 0.0696. The number of carboxylic acid groups (broad SMARTS) is 1. The van der Waals surface area contributed by atoms with Gasteiger partial charge in [0.15, 0.2) is 0 Å². The molecule has 0 saturated carbocycles. The van der Waals surface area contributed by atoms with Crippen molar-refractivity contribution in [3.63, 3.8) is 0 Å². The third-order valence-electron chi connectivity index (χ3n) is 2.72. The molecule has 0 unspecified atom stereocenters. The Morgan fingerprint density at radius 2 is 2.10 bits per heavy atom. The number of anilines is 1. The van der Waals surface area contributed by atoms with Gasteiger partial charge < -0.3 is 10.4 Å². The highest BCUT2D eigenvalue weighted by Gasteiger charge is 2.15. The van der Waals surface area contributed by atoms with E-state index in [2.05, 4.69) is 10.4 Å². The molecule has 0 aliphatic heterocycles. The van der Waals surface area contributed by atoms with E-state index in [1.165, 1.54) is 10.9 Å². The Kier molecular flexibility index (Phi) is 3.51. The van der Waals surface area contributed by atoms with Crippen LogP contribution in [0.15, 0.2) is 24.4 Å². The number of carboxylic acids is 1. The maximum atomic E-state index is 13.6. The topological polar surface area (TPSA) is 84.2 Å². The molecule has 0 atom stereocenters. The molecule has 0 spiro atoms. The number of aryl methyl sites for hydroxylation is 2. The molecule has 0 radical (unpaired) electrons. The van der Waals surface area contributed by atoms with Crippen LogP contribution in [0, 0.1) is 12.7 Å². The summed E-state index contributed by atoms with van der Waals surface area (Å²) >= 11 is 0. The van der Waals surface area contributed by atoms with Crippen molar-refractivity contribution >= 4 is 17.6 Å². The van der Waals surface area contributed by atoms with Crippen LogP contribution in [0.25, 0.3) is 0 Å². The number of halogens is 1. The largest absolute Gasteiger partial charge is 0.478 e. The van der Waals surface area contributed by atoms with E-state index in [1.807, 2.05) is 0 Å². The fraction of sp³-hybridized carbons (Fsp3) is 0.154. The van der Waals surface area contributed by atoms with Crippen molar-refractivity contribution in [2.45, 2.75) is 6.92 Å². The van der Waals surface area contributed by atoms with Gasteiger partial charge in [-0.3, -0.25) is 9.48 Å². The lowest BCUT2D eigenvalue weighted by atomic mass is 10.2. The Bertz CT molecular complexity index is 694. The number of aromatic carboxylic acids is 1. The summed E-state index contributed by atoms with van der Waals surface area (Å²) in [4.78, 5) is 22.8. The molecule has 1 heterocycles. The van der Waals surface area contributed by atoms with E-state index < -0.39 is 17.7 Å². The van der Waals surface area contributed by atoms with Gasteiger partial charge in [-0.25, -0.2) is 9.18 Å². The molecule has 2 aromatic rings. The molecule has 0 fully saturated rings. The summed E-state index contributed by atoms with van der Waals surface area (Å²) in [7, 11) is 1.66. The number of nitrogens with one attached hydrogen (secondary N) is 1. The third-order valence-corrected chi connectivity index (χ3v) is 2.72. The van der Waals surface area contributed by atoms with Crippen LogP contribution in [-0.2, 0) is 7.05 Å². The smallest absolute Gasteiger partial charge is 0.335 e. The van der Waals surface area contributed by atoms with Crippen molar-refractivity contribution in [2.24, 2.45) is 7.05 Å². The molecule has 0 aliphatic carbocycles. The molecule has 1 aromatic heterocycles. The highest BCUT2D eigenvalue weighted by molar-refractivity contribution is 6.05. The zero-order chi connectivity index (χ0) is 14.9. The highest BCUT2D eigenvalue weighted by atomic mass is 19.1. The summed E-state index contributed by atoms with van der Waals surface area (Å²) in [5, 5.41) is 15.2. The van der Waals surface area contributed by atoms with E-state index in [9.17, 15) is 14.0 Å². The summed E-state index contributed by atoms with van der Waals surface area (Å²) in [5.74, 6) is -2.44. The van der Waals surface area contributed by atoms with Crippen molar-refractivity contribution in [1.82, 2.24) is 9.78 Å². The fourth-order valence-electron chi connectivity index (χ4n) is 1.77. The molecule has 0 bridgehead atoms. The molecule has 20 heavy (non-hydrogen) atoms. The zero-order valence-corrected chi connectivity index (χ0v) is 10.8. The van der Waals surface area contributed by atoms with E-state index in [-0.39, 0.29) is 11.3 Å². The average Bonchev–Trinajstić information content (AvgIpc) is 2.71. The number of benzene rings is 1. The standard InChI is InChI=1S/C13H12FN3O3/c1-7-9(6-17(2)16-7)12(18)15-11-5-8(13(19)20)3-4-10(11)14/h3-6H,1-2H3,(H,15,18)(H,19,20). The van der Waals surface area contributed by atoms with Crippen LogP contribution in [0.5, 0.6) is 0 Å². The molecule has 1 amide bonds. The number of carbonyl (C=O) groups excluding carboxylic acids is 1. The van der Waals surface area contributed by atoms with E-state index in [0.29, 0.717) is 11.3 Å². The lowest BCUT2D eigenvalue weighted by Crippen LogP contribution is -2.14. The predicted octanol–water partition coefficient (Wildman–Crippen LogP) is 1.82. The maximum absolute atomic E-state index is 13.6. The third kappa shape index (κ3) is 2.66. The van der Waals surface area contributed by atoms with Crippen molar-refractivity contribution in [3.8, 4) is 0 Å². The van der Waals surface area contributed by atoms with Gasteiger partial charge in [0.2, 0.25) is 0 Å². The van der Waals surface area contributed by atoms with Gasteiger partial charge >= 0.3 is 5.97 Å². The molecule has 0 saturated heterocycles. The van der Waals surface area contributed by atoms with Gasteiger partial charge in [-0.05, 0) is 25.1 Å². The number of aromatic nitrogens is 2. The minimum absolute atomic E-state index is 0.107. The van der Waals surface area contributed by atoms with Crippen LogP contribution in [0.3, 0.4) is 0 Å². The van der Waals surface area contributed by atoms with Crippen LogP contribution in [-0.4, -0.2) is 26.8 Å². The molecule has 6 nitrogen and oxygen atoms in total. The van der Waals surface area contributed by atoms with Crippen molar-refractivity contribution in [2.75, 3.05) is 5.32 Å². The first kappa shape index (κ1) is 13.7. The monoisotopic (exact) mass is 277 g/mol. The van der Waals surface area contributed by atoms with E-state index >= 15 is 0 Å².